The monoisotopic (exact) mass is 783 g/mol. The molecule has 5 amide bonds. The van der Waals surface area contributed by atoms with Crippen LogP contribution in [0.3, 0.4) is 0 Å². The summed E-state index contributed by atoms with van der Waals surface area (Å²) in [6.45, 7) is 6.65. The highest BCUT2D eigenvalue weighted by Crippen LogP contribution is 2.38. The molecule has 1 aromatic carbocycles. The second kappa shape index (κ2) is 17.9. The fourth-order valence-corrected chi connectivity index (χ4v) is 7.57. The number of nitrogens with zero attached hydrogens (tertiary/aromatic N) is 3. The SMILES string of the molecule is CCC[C@H](NC(=O)[C@H]1CN(C(=O)[C@@H](NC(=O)[C@@H](NC(=O)c2cnccn2)C2CCCCC2)C(C)(C)C)CC1c1cccc(C(F)(F)F)c1)C(=O)C(=O)NC1CC1. The van der Waals surface area contributed by atoms with Gasteiger partial charge in [0.1, 0.15) is 17.8 Å². The van der Waals surface area contributed by atoms with Gasteiger partial charge in [-0.1, -0.05) is 71.6 Å². The van der Waals surface area contributed by atoms with Gasteiger partial charge < -0.3 is 26.2 Å². The van der Waals surface area contributed by atoms with E-state index in [1.54, 1.807) is 27.7 Å². The molecule has 2 saturated carbocycles. The van der Waals surface area contributed by atoms with Crippen LogP contribution in [0.1, 0.15) is 113 Å². The van der Waals surface area contributed by atoms with Crippen molar-refractivity contribution in [3.63, 3.8) is 0 Å². The number of amides is 5. The molecule has 3 fully saturated rings. The van der Waals surface area contributed by atoms with E-state index in [0.717, 1.165) is 44.2 Å². The smallest absolute Gasteiger partial charge is 0.347 e. The molecule has 0 bridgehead atoms. The first kappa shape index (κ1) is 42.3. The zero-order valence-corrected chi connectivity index (χ0v) is 32.3. The first-order chi connectivity index (χ1) is 26.5. The minimum Gasteiger partial charge on any atom is -0.347 e. The van der Waals surface area contributed by atoms with Gasteiger partial charge in [-0.2, -0.15) is 13.2 Å². The first-order valence-corrected chi connectivity index (χ1v) is 19.5. The number of carbonyl (C=O) groups excluding carboxylic acids is 6. The zero-order chi connectivity index (χ0) is 40.8. The van der Waals surface area contributed by atoms with Gasteiger partial charge in [0, 0.05) is 37.4 Å². The Bertz CT molecular complexity index is 1760. The summed E-state index contributed by atoms with van der Waals surface area (Å²) in [5.41, 5.74) is -1.62. The maximum absolute atomic E-state index is 14.6. The molecule has 2 heterocycles. The molecule has 1 aromatic heterocycles. The van der Waals surface area contributed by atoms with Crippen molar-refractivity contribution in [1.29, 1.82) is 0 Å². The van der Waals surface area contributed by atoms with Crippen LogP contribution in [0.5, 0.6) is 0 Å². The number of nitrogens with one attached hydrogen (secondary N) is 4. The molecule has 1 saturated heterocycles. The Morgan fingerprint density at radius 2 is 1.62 bits per heavy atom. The third-order valence-corrected chi connectivity index (χ3v) is 10.8. The van der Waals surface area contributed by atoms with Gasteiger partial charge >= 0.3 is 6.18 Å². The predicted octanol–water partition coefficient (Wildman–Crippen LogP) is 4.08. The number of aromatic nitrogens is 2. The van der Waals surface area contributed by atoms with Crippen molar-refractivity contribution >= 4 is 35.3 Å². The third-order valence-electron chi connectivity index (χ3n) is 10.8. The summed E-state index contributed by atoms with van der Waals surface area (Å²) >= 11 is 0. The lowest BCUT2D eigenvalue weighted by atomic mass is 9.82. The van der Waals surface area contributed by atoms with Gasteiger partial charge in [-0.3, -0.25) is 33.8 Å². The van der Waals surface area contributed by atoms with Gasteiger partial charge in [-0.25, -0.2) is 4.98 Å². The van der Waals surface area contributed by atoms with Crippen LogP contribution in [-0.2, 0) is 30.1 Å². The van der Waals surface area contributed by atoms with Crippen LogP contribution in [0.4, 0.5) is 13.2 Å². The molecule has 3 aliphatic rings. The molecule has 56 heavy (non-hydrogen) atoms. The van der Waals surface area contributed by atoms with Crippen molar-refractivity contribution in [3.05, 3.63) is 59.7 Å². The van der Waals surface area contributed by atoms with Crippen molar-refractivity contribution in [2.45, 2.75) is 122 Å². The summed E-state index contributed by atoms with van der Waals surface area (Å²) in [4.78, 5) is 91.2. The number of benzene rings is 1. The van der Waals surface area contributed by atoms with Crippen molar-refractivity contribution in [2.75, 3.05) is 13.1 Å². The van der Waals surface area contributed by atoms with E-state index in [-0.39, 0.29) is 42.7 Å². The van der Waals surface area contributed by atoms with Gasteiger partial charge in [0.25, 0.3) is 11.8 Å². The van der Waals surface area contributed by atoms with Gasteiger partial charge in [0.2, 0.25) is 23.5 Å². The van der Waals surface area contributed by atoms with Crippen LogP contribution in [0.25, 0.3) is 0 Å². The van der Waals surface area contributed by atoms with E-state index in [0.29, 0.717) is 19.3 Å². The van der Waals surface area contributed by atoms with Crippen LogP contribution < -0.4 is 21.3 Å². The van der Waals surface area contributed by atoms with Crippen LogP contribution in [0.2, 0.25) is 0 Å². The summed E-state index contributed by atoms with van der Waals surface area (Å²) in [6.07, 6.45) is 5.58. The Hall–Kier alpha value is -4.89. The van der Waals surface area contributed by atoms with E-state index in [1.807, 2.05) is 0 Å². The lowest BCUT2D eigenvalue weighted by Crippen LogP contribution is -2.60. The molecule has 4 N–H and O–H groups in total. The Labute approximate surface area is 324 Å². The van der Waals surface area contributed by atoms with Crippen LogP contribution in [-0.4, -0.2) is 87.4 Å². The third kappa shape index (κ3) is 10.7. The molecular weight excluding hydrogens is 731 g/mol. The largest absolute Gasteiger partial charge is 0.416 e. The molecule has 1 unspecified atom stereocenters. The summed E-state index contributed by atoms with van der Waals surface area (Å²) in [7, 11) is 0. The molecule has 13 nitrogen and oxygen atoms in total. The minimum atomic E-state index is -4.67. The molecule has 0 radical (unpaired) electrons. The molecule has 1 aliphatic heterocycles. The van der Waals surface area contributed by atoms with E-state index in [9.17, 15) is 41.9 Å². The molecule has 0 spiro atoms. The number of Topliss-reactive ketones (excluding diaryl/α,β-unsaturated/α-hetero) is 1. The predicted molar refractivity (Wildman–Crippen MR) is 199 cm³/mol. The first-order valence-electron chi connectivity index (χ1n) is 19.5. The summed E-state index contributed by atoms with van der Waals surface area (Å²) in [6, 6.07) is 1.14. The summed E-state index contributed by atoms with van der Waals surface area (Å²) < 4.78 is 41.6. The van der Waals surface area contributed by atoms with Gasteiger partial charge in [0.05, 0.1) is 23.7 Å². The average Bonchev–Trinajstić information content (AvgIpc) is 3.87. The number of hydrogen-bond acceptors (Lipinski definition) is 8. The average molecular weight is 784 g/mol. The second-order valence-electron chi connectivity index (χ2n) is 16.3. The Morgan fingerprint density at radius 1 is 0.911 bits per heavy atom. The van der Waals surface area contributed by atoms with Gasteiger partial charge in [-0.05, 0) is 55.1 Å². The Morgan fingerprint density at radius 3 is 2.23 bits per heavy atom. The fraction of sp³-hybridized carbons (Fsp3) is 0.600. The van der Waals surface area contributed by atoms with Crippen molar-refractivity contribution in [3.8, 4) is 0 Å². The number of alkyl halides is 3. The molecule has 2 aromatic rings. The topological polar surface area (TPSA) is 180 Å². The van der Waals surface area contributed by atoms with E-state index < -0.39 is 82.4 Å². The van der Waals surface area contributed by atoms with E-state index in [4.69, 9.17) is 0 Å². The van der Waals surface area contributed by atoms with Crippen LogP contribution in [0, 0.1) is 17.3 Å². The highest BCUT2D eigenvalue weighted by molar-refractivity contribution is 6.38. The summed E-state index contributed by atoms with van der Waals surface area (Å²) in [5.74, 6) is -6.28. The van der Waals surface area contributed by atoms with Crippen LogP contribution in [0.15, 0.2) is 42.9 Å². The highest BCUT2D eigenvalue weighted by Gasteiger charge is 2.47. The number of rotatable bonds is 14. The molecule has 5 rings (SSSR count). The number of ketones is 1. The van der Waals surface area contributed by atoms with E-state index in [2.05, 4.69) is 31.2 Å². The second-order valence-corrected chi connectivity index (χ2v) is 16.3. The van der Waals surface area contributed by atoms with Crippen molar-refractivity contribution < 1.29 is 41.9 Å². The quantitative estimate of drug-likeness (QED) is 0.207. The molecule has 304 valence electrons. The van der Waals surface area contributed by atoms with E-state index in [1.165, 1.54) is 35.6 Å². The van der Waals surface area contributed by atoms with Crippen molar-refractivity contribution in [1.82, 2.24) is 36.1 Å². The zero-order valence-electron chi connectivity index (χ0n) is 32.3. The maximum atomic E-state index is 14.6. The minimum absolute atomic E-state index is 0.0259. The fourth-order valence-electron chi connectivity index (χ4n) is 7.57. The summed E-state index contributed by atoms with van der Waals surface area (Å²) in [5, 5.41) is 11.0. The molecule has 16 heteroatoms. The van der Waals surface area contributed by atoms with Gasteiger partial charge in [0.15, 0.2) is 0 Å². The van der Waals surface area contributed by atoms with Gasteiger partial charge in [-0.15, -0.1) is 0 Å². The number of halogens is 3. The molecule has 2 aliphatic carbocycles. The lowest BCUT2D eigenvalue weighted by Gasteiger charge is -2.36. The van der Waals surface area contributed by atoms with Crippen LogP contribution >= 0.6 is 0 Å². The number of hydrogen-bond donors (Lipinski definition) is 4. The normalized spacial score (nSPS) is 20.7. The highest BCUT2D eigenvalue weighted by atomic mass is 19.4. The number of carbonyl (C=O) groups is 6. The lowest BCUT2D eigenvalue weighted by molar-refractivity contribution is -0.141. The molecular formula is C40H52F3N7O6. The number of likely N-dealkylation sites (tertiary alicyclic amines) is 1. The van der Waals surface area contributed by atoms with Crippen molar-refractivity contribution in [2.24, 2.45) is 17.3 Å². The molecule has 5 atom stereocenters. The Kier molecular flexibility index (Phi) is 13.5. The Balaban J connectivity index is 1.41. The van der Waals surface area contributed by atoms with E-state index >= 15 is 0 Å². The maximum Gasteiger partial charge on any atom is 0.416 e. The standard InChI is InChI=1S/C40H52F3N7O6/c1-5-10-29(32(51)37(55)46-26-15-16-26)47-34(52)28-22-50(21-27(28)24-13-9-14-25(19-24)40(41,42)43)38(56)33(39(2,3)4)49-36(54)31(23-11-7-6-8-12-23)48-35(53)30-20-44-17-18-45-30/h9,13-14,17-20,23,26-29,31,33H,5-8,10-12,15-16,21-22H2,1-4H3,(H,46,55)(H,47,52)(H,48,53)(H,49,54)/t27?,28-,29-,31-,33+/m0/s1.